The molecule has 0 radical (unpaired) electrons. The predicted molar refractivity (Wildman–Crippen MR) is 106 cm³/mol. The minimum atomic E-state index is -0.567. The van der Waals surface area contributed by atoms with E-state index in [1.807, 2.05) is 12.1 Å². The molecule has 1 aliphatic heterocycles. The highest BCUT2D eigenvalue weighted by molar-refractivity contribution is 5.96. The lowest BCUT2D eigenvalue weighted by Crippen LogP contribution is -2.44. The van der Waals surface area contributed by atoms with Crippen LogP contribution in [0.3, 0.4) is 0 Å². The Morgan fingerprint density at radius 3 is 2.59 bits per heavy atom. The van der Waals surface area contributed by atoms with E-state index in [1.54, 1.807) is 19.2 Å². The fourth-order valence-electron chi connectivity index (χ4n) is 3.21. The lowest BCUT2D eigenvalue weighted by Gasteiger charge is -2.24. The zero-order valence-electron chi connectivity index (χ0n) is 16.1. The van der Waals surface area contributed by atoms with Crippen molar-refractivity contribution in [3.8, 4) is 0 Å². The molecule has 5 N–H and O–H groups in total. The predicted octanol–water partition coefficient (Wildman–Crippen LogP) is 0.0510. The number of aliphatic imine (C=N–C) groups is 1. The summed E-state index contributed by atoms with van der Waals surface area (Å²) in [5, 5.41) is 9.15. The first kappa shape index (κ1) is 20.7. The molecule has 8 nitrogen and oxygen atoms in total. The van der Waals surface area contributed by atoms with E-state index in [4.69, 9.17) is 5.73 Å². The number of rotatable bonds is 8. The van der Waals surface area contributed by atoms with Crippen molar-refractivity contribution >= 4 is 17.8 Å². The smallest absolute Gasteiger partial charge is 0.251 e. The number of guanidine groups is 1. The van der Waals surface area contributed by atoms with E-state index in [0.717, 1.165) is 24.6 Å². The highest BCUT2D eigenvalue weighted by Gasteiger charge is 2.22. The van der Waals surface area contributed by atoms with Crippen molar-refractivity contribution in [2.24, 2.45) is 10.7 Å². The number of nitrogens with two attached hydrogens (primary N) is 1. The summed E-state index contributed by atoms with van der Waals surface area (Å²) >= 11 is 0. The number of likely N-dealkylation sites (tertiary alicyclic amines) is 1. The molecule has 1 aromatic rings. The number of benzene rings is 1. The average Bonchev–Trinajstić information content (AvgIpc) is 3.14. The molecular formula is C19H30N6O2. The molecule has 148 valence electrons. The van der Waals surface area contributed by atoms with Crippen LogP contribution in [-0.4, -0.2) is 61.9 Å². The van der Waals surface area contributed by atoms with Crippen LogP contribution in [0.25, 0.3) is 0 Å². The van der Waals surface area contributed by atoms with Gasteiger partial charge in [-0.05, 0) is 43.6 Å². The standard InChI is InChI=1S/C19H30N6O2/c1-3-25-10-4-5-16(25)12-24-19(21-2)23-11-14-6-8-15(9-7-14)18(27)22-13-17(20)26/h6-9,16H,3-5,10-13H2,1-2H3,(H2,20,26)(H,22,27)(H2,21,23,24). The molecule has 2 amide bonds. The number of carbonyl (C=O) groups is 2. The maximum Gasteiger partial charge on any atom is 0.251 e. The molecule has 1 atom stereocenters. The van der Waals surface area contributed by atoms with Crippen molar-refractivity contribution in [1.82, 2.24) is 20.9 Å². The summed E-state index contributed by atoms with van der Waals surface area (Å²) in [6.45, 7) is 5.77. The topological polar surface area (TPSA) is 112 Å². The SMILES string of the molecule is CCN1CCCC1CNC(=NC)NCc1ccc(C(=O)NCC(N)=O)cc1. The summed E-state index contributed by atoms with van der Waals surface area (Å²) in [7, 11) is 1.76. The first-order valence-electron chi connectivity index (χ1n) is 9.37. The summed E-state index contributed by atoms with van der Waals surface area (Å²) < 4.78 is 0. The Kier molecular flexibility index (Phi) is 8.06. The monoisotopic (exact) mass is 374 g/mol. The summed E-state index contributed by atoms with van der Waals surface area (Å²) in [5.74, 6) is -0.119. The number of likely N-dealkylation sites (N-methyl/N-ethyl adjacent to an activating group) is 1. The van der Waals surface area contributed by atoms with Gasteiger partial charge in [0.25, 0.3) is 5.91 Å². The van der Waals surface area contributed by atoms with Crippen LogP contribution in [0.15, 0.2) is 29.3 Å². The lowest BCUT2D eigenvalue weighted by atomic mass is 10.1. The third-order valence-electron chi connectivity index (χ3n) is 4.73. The minimum absolute atomic E-state index is 0.166. The van der Waals surface area contributed by atoms with Crippen LogP contribution in [0.1, 0.15) is 35.7 Å². The van der Waals surface area contributed by atoms with Crippen LogP contribution in [0.5, 0.6) is 0 Å². The van der Waals surface area contributed by atoms with Crippen molar-refractivity contribution in [1.29, 1.82) is 0 Å². The molecule has 2 rings (SSSR count). The van der Waals surface area contributed by atoms with Gasteiger partial charge in [0, 0.05) is 31.7 Å². The highest BCUT2D eigenvalue weighted by Crippen LogP contribution is 2.15. The second kappa shape index (κ2) is 10.5. The largest absolute Gasteiger partial charge is 0.368 e. The third-order valence-corrected chi connectivity index (χ3v) is 4.73. The molecule has 1 aromatic carbocycles. The molecule has 1 aliphatic rings. The molecule has 0 aromatic heterocycles. The summed E-state index contributed by atoms with van der Waals surface area (Å²) in [6, 6.07) is 7.75. The number of primary amides is 1. The Balaban J connectivity index is 1.78. The highest BCUT2D eigenvalue weighted by atomic mass is 16.2. The van der Waals surface area contributed by atoms with Crippen molar-refractivity contribution in [3.05, 3.63) is 35.4 Å². The zero-order valence-corrected chi connectivity index (χ0v) is 16.1. The Bertz CT molecular complexity index is 659. The molecule has 0 spiro atoms. The van der Waals surface area contributed by atoms with Crippen LogP contribution in [0.2, 0.25) is 0 Å². The lowest BCUT2D eigenvalue weighted by molar-refractivity contribution is -0.117. The Labute approximate surface area is 160 Å². The molecule has 1 unspecified atom stereocenters. The molecule has 8 heteroatoms. The molecule has 0 saturated carbocycles. The summed E-state index contributed by atoms with van der Waals surface area (Å²) in [5.41, 5.74) is 6.54. The number of nitrogens with zero attached hydrogens (tertiary/aromatic N) is 2. The van der Waals surface area contributed by atoms with Crippen LogP contribution < -0.4 is 21.7 Å². The fourth-order valence-corrected chi connectivity index (χ4v) is 3.21. The maximum atomic E-state index is 11.9. The van der Waals surface area contributed by atoms with Gasteiger partial charge in [-0.2, -0.15) is 0 Å². The van der Waals surface area contributed by atoms with Gasteiger partial charge in [-0.15, -0.1) is 0 Å². The Morgan fingerprint density at radius 1 is 1.22 bits per heavy atom. The maximum absolute atomic E-state index is 11.9. The van der Waals surface area contributed by atoms with Gasteiger partial charge in [0.1, 0.15) is 0 Å². The van der Waals surface area contributed by atoms with E-state index in [-0.39, 0.29) is 12.5 Å². The quantitative estimate of drug-likeness (QED) is 0.379. The number of hydrogen-bond acceptors (Lipinski definition) is 4. The second-order valence-corrected chi connectivity index (χ2v) is 6.58. The molecule has 1 fully saturated rings. The Hall–Kier alpha value is -2.61. The molecule has 0 aliphatic carbocycles. The van der Waals surface area contributed by atoms with Crippen LogP contribution in [-0.2, 0) is 11.3 Å². The van der Waals surface area contributed by atoms with Crippen LogP contribution in [0.4, 0.5) is 0 Å². The van der Waals surface area contributed by atoms with Crippen molar-refractivity contribution in [3.63, 3.8) is 0 Å². The van der Waals surface area contributed by atoms with E-state index in [1.165, 1.54) is 19.4 Å². The van der Waals surface area contributed by atoms with Gasteiger partial charge >= 0.3 is 0 Å². The van der Waals surface area contributed by atoms with E-state index >= 15 is 0 Å². The fraction of sp³-hybridized carbons (Fsp3) is 0.526. The van der Waals surface area contributed by atoms with Gasteiger partial charge in [-0.25, -0.2) is 0 Å². The molecule has 1 saturated heterocycles. The van der Waals surface area contributed by atoms with Gasteiger partial charge in [0.15, 0.2) is 5.96 Å². The zero-order chi connectivity index (χ0) is 19.6. The second-order valence-electron chi connectivity index (χ2n) is 6.58. The first-order chi connectivity index (χ1) is 13.0. The van der Waals surface area contributed by atoms with E-state index in [2.05, 4.69) is 32.8 Å². The molecular weight excluding hydrogens is 344 g/mol. The Morgan fingerprint density at radius 2 is 1.96 bits per heavy atom. The van der Waals surface area contributed by atoms with Gasteiger partial charge in [-0.1, -0.05) is 19.1 Å². The summed E-state index contributed by atoms with van der Waals surface area (Å²) in [6.07, 6.45) is 2.47. The number of carbonyl (C=O) groups excluding carboxylic acids is 2. The van der Waals surface area contributed by atoms with E-state index < -0.39 is 5.91 Å². The minimum Gasteiger partial charge on any atom is -0.368 e. The van der Waals surface area contributed by atoms with Gasteiger partial charge in [0.05, 0.1) is 6.54 Å². The normalized spacial score (nSPS) is 17.6. The average molecular weight is 374 g/mol. The number of nitrogens with one attached hydrogen (secondary N) is 3. The third kappa shape index (κ3) is 6.56. The van der Waals surface area contributed by atoms with Crippen LogP contribution in [0, 0.1) is 0 Å². The first-order valence-corrected chi connectivity index (χ1v) is 9.37. The van der Waals surface area contributed by atoms with Crippen molar-refractivity contribution in [2.45, 2.75) is 32.4 Å². The summed E-state index contributed by atoms with van der Waals surface area (Å²) in [4.78, 5) is 29.3. The van der Waals surface area contributed by atoms with Crippen molar-refractivity contribution in [2.75, 3.05) is 33.2 Å². The van der Waals surface area contributed by atoms with Gasteiger partial charge in [0.2, 0.25) is 5.91 Å². The molecule has 1 heterocycles. The van der Waals surface area contributed by atoms with Gasteiger partial charge in [-0.3, -0.25) is 19.5 Å². The number of hydrogen-bond donors (Lipinski definition) is 4. The van der Waals surface area contributed by atoms with Crippen LogP contribution >= 0.6 is 0 Å². The van der Waals surface area contributed by atoms with Crippen molar-refractivity contribution < 1.29 is 9.59 Å². The van der Waals surface area contributed by atoms with E-state index in [9.17, 15) is 9.59 Å². The molecule has 0 bridgehead atoms. The van der Waals surface area contributed by atoms with Gasteiger partial charge < -0.3 is 21.7 Å². The van der Waals surface area contributed by atoms with E-state index in [0.29, 0.717) is 18.2 Å². The number of amides is 2. The molecule has 27 heavy (non-hydrogen) atoms.